The molecule has 1 aromatic carbocycles. The third kappa shape index (κ3) is 5.24. The smallest absolute Gasteiger partial charge is 0.191 e. The van der Waals surface area contributed by atoms with E-state index in [1.807, 2.05) is 13.1 Å². The van der Waals surface area contributed by atoms with E-state index in [-0.39, 0.29) is 6.04 Å². The number of hydrogen-bond acceptors (Lipinski definition) is 2. The summed E-state index contributed by atoms with van der Waals surface area (Å²) in [5.74, 6) is 1.52. The quantitative estimate of drug-likeness (QED) is 0.626. The molecule has 1 aromatic rings. The molecule has 2 unspecified atom stereocenters. The first-order valence-corrected chi connectivity index (χ1v) is 8.88. The Balaban J connectivity index is 1.88. The van der Waals surface area contributed by atoms with Gasteiger partial charge >= 0.3 is 0 Å². The summed E-state index contributed by atoms with van der Waals surface area (Å²) in [5, 5.41) is 7.01. The summed E-state index contributed by atoms with van der Waals surface area (Å²) in [6.07, 6.45) is 2.67. The largest absolute Gasteiger partial charge is 0.355 e. The molecule has 4 heteroatoms. The molecular weight excluding hydrogens is 284 g/mol. The van der Waals surface area contributed by atoms with Crippen molar-refractivity contribution in [2.75, 3.05) is 26.7 Å². The highest BCUT2D eigenvalue weighted by Crippen LogP contribution is 2.17. The van der Waals surface area contributed by atoms with Crippen LogP contribution in [-0.4, -0.2) is 43.6 Å². The summed E-state index contributed by atoms with van der Waals surface area (Å²) in [5.41, 5.74) is 1.27. The van der Waals surface area contributed by atoms with Gasteiger partial charge in [0.2, 0.25) is 0 Å². The fourth-order valence-electron chi connectivity index (χ4n) is 3.29. The van der Waals surface area contributed by atoms with Gasteiger partial charge in [-0.1, -0.05) is 44.2 Å². The predicted molar refractivity (Wildman–Crippen MR) is 98.8 cm³/mol. The zero-order valence-corrected chi connectivity index (χ0v) is 15.0. The minimum atomic E-state index is 0.242. The van der Waals surface area contributed by atoms with Crippen molar-refractivity contribution < 1.29 is 0 Å². The number of rotatable bonds is 6. The first kappa shape index (κ1) is 17.8. The second-order valence-electron chi connectivity index (χ2n) is 6.78. The molecule has 0 saturated carbocycles. The van der Waals surface area contributed by atoms with Crippen molar-refractivity contribution in [2.24, 2.45) is 10.9 Å². The van der Waals surface area contributed by atoms with Crippen molar-refractivity contribution >= 4 is 5.96 Å². The molecule has 4 nitrogen and oxygen atoms in total. The fourth-order valence-corrected chi connectivity index (χ4v) is 3.29. The molecule has 0 aromatic heterocycles. The lowest BCUT2D eigenvalue weighted by atomic mass is 10.0. The number of aliphatic imine (C=N–C) groups is 1. The van der Waals surface area contributed by atoms with Gasteiger partial charge in [0.05, 0.1) is 6.04 Å². The number of likely N-dealkylation sites (tertiary alicyclic amines) is 1. The maximum atomic E-state index is 4.39. The van der Waals surface area contributed by atoms with Crippen molar-refractivity contribution in [3.8, 4) is 0 Å². The van der Waals surface area contributed by atoms with Crippen molar-refractivity contribution in [2.45, 2.75) is 45.7 Å². The van der Waals surface area contributed by atoms with Crippen LogP contribution in [0.1, 0.15) is 45.2 Å². The van der Waals surface area contributed by atoms with Crippen LogP contribution in [0.15, 0.2) is 35.3 Å². The normalized spacial score (nSPS) is 18.9. The van der Waals surface area contributed by atoms with Crippen molar-refractivity contribution in [3.63, 3.8) is 0 Å². The van der Waals surface area contributed by atoms with Gasteiger partial charge in [0.15, 0.2) is 5.96 Å². The van der Waals surface area contributed by atoms with E-state index < -0.39 is 0 Å². The molecule has 1 heterocycles. The number of benzene rings is 1. The highest BCUT2D eigenvalue weighted by Gasteiger charge is 2.24. The molecule has 2 rings (SSSR count). The SMILES string of the molecule is CN=C(NCC(C(C)C)N1CCCC1)NC(C)c1ccccc1. The van der Waals surface area contributed by atoms with Crippen LogP contribution in [0.3, 0.4) is 0 Å². The Morgan fingerprint density at radius 3 is 2.35 bits per heavy atom. The van der Waals surface area contributed by atoms with E-state index >= 15 is 0 Å². The molecule has 1 aliphatic heterocycles. The Morgan fingerprint density at radius 1 is 1.13 bits per heavy atom. The van der Waals surface area contributed by atoms with Gasteiger partial charge in [0, 0.05) is 19.6 Å². The number of nitrogens with one attached hydrogen (secondary N) is 2. The molecular formula is C19H32N4. The number of guanidine groups is 1. The highest BCUT2D eigenvalue weighted by molar-refractivity contribution is 5.80. The molecule has 0 amide bonds. The minimum absolute atomic E-state index is 0.242. The second kappa shape index (κ2) is 8.92. The van der Waals surface area contributed by atoms with Crippen LogP contribution in [0.25, 0.3) is 0 Å². The Bertz CT molecular complexity index is 477. The zero-order valence-electron chi connectivity index (χ0n) is 15.0. The lowest BCUT2D eigenvalue weighted by Crippen LogP contribution is -2.48. The number of hydrogen-bond donors (Lipinski definition) is 2. The van der Waals surface area contributed by atoms with E-state index in [2.05, 4.69) is 65.6 Å². The highest BCUT2D eigenvalue weighted by atomic mass is 15.2. The first-order chi connectivity index (χ1) is 11.1. The summed E-state index contributed by atoms with van der Waals surface area (Å²) in [4.78, 5) is 7.00. The van der Waals surface area contributed by atoms with Crippen molar-refractivity contribution in [3.05, 3.63) is 35.9 Å². The van der Waals surface area contributed by atoms with E-state index in [4.69, 9.17) is 0 Å². The first-order valence-electron chi connectivity index (χ1n) is 8.88. The topological polar surface area (TPSA) is 39.7 Å². The Hall–Kier alpha value is -1.55. The van der Waals surface area contributed by atoms with Gasteiger partial charge in [-0.25, -0.2) is 0 Å². The van der Waals surface area contributed by atoms with Gasteiger partial charge in [-0.2, -0.15) is 0 Å². The second-order valence-corrected chi connectivity index (χ2v) is 6.78. The molecule has 23 heavy (non-hydrogen) atoms. The predicted octanol–water partition coefficient (Wildman–Crippen LogP) is 3.03. The van der Waals surface area contributed by atoms with Crippen LogP contribution in [-0.2, 0) is 0 Å². The van der Waals surface area contributed by atoms with E-state index in [1.54, 1.807) is 0 Å². The molecule has 1 aliphatic rings. The monoisotopic (exact) mass is 316 g/mol. The summed E-state index contributed by atoms with van der Waals surface area (Å²) in [6.45, 7) is 10.2. The average molecular weight is 316 g/mol. The van der Waals surface area contributed by atoms with Gasteiger partial charge in [0.25, 0.3) is 0 Å². The fraction of sp³-hybridized carbons (Fsp3) is 0.632. The molecule has 0 radical (unpaired) electrons. The van der Waals surface area contributed by atoms with Crippen LogP contribution in [0.2, 0.25) is 0 Å². The van der Waals surface area contributed by atoms with Gasteiger partial charge in [-0.3, -0.25) is 9.89 Å². The molecule has 2 atom stereocenters. The standard InChI is InChI=1S/C19H32N4/c1-15(2)18(23-12-8-9-13-23)14-21-19(20-4)22-16(3)17-10-6-5-7-11-17/h5-7,10-11,15-16,18H,8-9,12-14H2,1-4H3,(H2,20,21,22). The Labute approximate surface area is 141 Å². The molecule has 128 valence electrons. The molecule has 1 saturated heterocycles. The number of nitrogens with zero attached hydrogens (tertiary/aromatic N) is 2. The Kier molecular flexibility index (Phi) is 6.90. The van der Waals surface area contributed by atoms with Gasteiger partial charge in [-0.15, -0.1) is 0 Å². The summed E-state index contributed by atoms with van der Waals surface area (Å²) in [7, 11) is 1.84. The van der Waals surface area contributed by atoms with E-state index in [0.29, 0.717) is 12.0 Å². The third-order valence-electron chi connectivity index (χ3n) is 4.73. The van der Waals surface area contributed by atoms with Crippen LogP contribution < -0.4 is 10.6 Å². The zero-order chi connectivity index (χ0) is 16.7. The van der Waals surface area contributed by atoms with Crippen molar-refractivity contribution in [1.82, 2.24) is 15.5 Å². The summed E-state index contributed by atoms with van der Waals surface area (Å²) >= 11 is 0. The molecule has 0 bridgehead atoms. The lowest BCUT2D eigenvalue weighted by molar-refractivity contribution is 0.192. The van der Waals surface area contributed by atoms with Crippen LogP contribution >= 0.6 is 0 Å². The Morgan fingerprint density at radius 2 is 1.78 bits per heavy atom. The van der Waals surface area contributed by atoms with Crippen LogP contribution in [0, 0.1) is 5.92 Å². The van der Waals surface area contributed by atoms with Crippen molar-refractivity contribution in [1.29, 1.82) is 0 Å². The van der Waals surface area contributed by atoms with E-state index in [0.717, 1.165) is 12.5 Å². The molecule has 0 aliphatic carbocycles. The lowest BCUT2D eigenvalue weighted by Gasteiger charge is -2.31. The van der Waals surface area contributed by atoms with Crippen LogP contribution in [0.4, 0.5) is 0 Å². The maximum absolute atomic E-state index is 4.39. The van der Waals surface area contributed by atoms with Crippen LogP contribution in [0.5, 0.6) is 0 Å². The summed E-state index contributed by atoms with van der Waals surface area (Å²) in [6, 6.07) is 11.3. The third-order valence-corrected chi connectivity index (χ3v) is 4.73. The van der Waals surface area contributed by atoms with Gasteiger partial charge in [0.1, 0.15) is 0 Å². The van der Waals surface area contributed by atoms with E-state index in [9.17, 15) is 0 Å². The molecule has 1 fully saturated rings. The maximum Gasteiger partial charge on any atom is 0.191 e. The van der Waals surface area contributed by atoms with E-state index in [1.165, 1.54) is 31.5 Å². The minimum Gasteiger partial charge on any atom is -0.355 e. The molecule has 2 N–H and O–H groups in total. The molecule has 0 spiro atoms. The summed E-state index contributed by atoms with van der Waals surface area (Å²) < 4.78 is 0. The average Bonchev–Trinajstić information content (AvgIpc) is 3.08. The van der Waals surface area contributed by atoms with Gasteiger partial charge < -0.3 is 10.6 Å². The van der Waals surface area contributed by atoms with Gasteiger partial charge in [-0.05, 0) is 44.3 Å².